The zero-order valence-corrected chi connectivity index (χ0v) is 11.0. The SMILES string of the molecule is CCN(CCCO)C(=O)c1ncccc1C#CCO. The molecule has 0 aliphatic carbocycles. The van der Waals surface area contributed by atoms with Gasteiger partial charge in [-0.15, -0.1) is 0 Å². The summed E-state index contributed by atoms with van der Waals surface area (Å²) in [6, 6.07) is 3.39. The summed E-state index contributed by atoms with van der Waals surface area (Å²) in [7, 11) is 0. The van der Waals surface area contributed by atoms with Gasteiger partial charge in [-0.25, -0.2) is 4.98 Å². The molecule has 1 aromatic heterocycles. The summed E-state index contributed by atoms with van der Waals surface area (Å²) in [4.78, 5) is 18.0. The van der Waals surface area contributed by atoms with E-state index in [4.69, 9.17) is 10.2 Å². The largest absolute Gasteiger partial charge is 0.396 e. The number of rotatable bonds is 5. The minimum atomic E-state index is -0.259. The molecule has 1 aromatic rings. The van der Waals surface area contributed by atoms with Crippen LogP contribution in [0.3, 0.4) is 0 Å². The Kier molecular flexibility index (Phi) is 6.58. The zero-order chi connectivity index (χ0) is 14.1. The van der Waals surface area contributed by atoms with Crippen molar-refractivity contribution in [3.63, 3.8) is 0 Å². The van der Waals surface area contributed by atoms with E-state index >= 15 is 0 Å². The minimum absolute atomic E-state index is 0.0448. The van der Waals surface area contributed by atoms with Crippen molar-refractivity contribution in [1.82, 2.24) is 9.88 Å². The first-order chi connectivity index (χ1) is 9.24. The van der Waals surface area contributed by atoms with E-state index in [1.807, 2.05) is 6.92 Å². The third-order valence-electron chi connectivity index (χ3n) is 2.57. The van der Waals surface area contributed by atoms with E-state index in [-0.39, 0.29) is 24.8 Å². The van der Waals surface area contributed by atoms with Gasteiger partial charge >= 0.3 is 0 Å². The molecule has 1 rings (SSSR count). The number of nitrogens with zero attached hydrogens (tertiary/aromatic N) is 2. The molecule has 0 fully saturated rings. The quantitative estimate of drug-likeness (QED) is 0.747. The van der Waals surface area contributed by atoms with Crippen LogP contribution in [0.1, 0.15) is 29.4 Å². The van der Waals surface area contributed by atoms with Gasteiger partial charge in [0.25, 0.3) is 5.91 Å². The molecule has 19 heavy (non-hydrogen) atoms. The third-order valence-corrected chi connectivity index (χ3v) is 2.57. The Bertz CT molecular complexity index is 477. The van der Waals surface area contributed by atoms with Crippen LogP contribution in [-0.2, 0) is 0 Å². The van der Waals surface area contributed by atoms with E-state index in [9.17, 15) is 4.79 Å². The monoisotopic (exact) mass is 262 g/mol. The second-order valence-corrected chi connectivity index (χ2v) is 3.82. The molecular formula is C14H18N2O3. The smallest absolute Gasteiger partial charge is 0.273 e. The maximum absolute atomic E-state index is 12.3. The van der Waals surface area contributed by atoms with Crippen LogP contribution in [0, 0.1) is 11.8 Å². The normalized spacial score (nSPS) is 9.63. The molecule has 0 radical (unpaired) electrons. The van der Waals surface area contributed by atoms with Crippen LogP contribution in [0.15, 0.2) is 18.3 Å². The second-order valence-electron chi connectivity index (χ2n) is 3.82. The summed E-state index contributed by atoms with van der Waals surface area (Å²) in [6.07, 6.45) is 2.07. The number of pyridine rings is 1. The molecular weight excluding hydrogens is 244 g/mol. The van der Waals surface area contributed by atoms with Gasteiger partial charge in [-0.2, -0.15) is 0 Å². The number of aliphatic hydroxyl groups is 2. The first-order valence-corrected chi connectivity index (χ1v) is 6.19. The van der Waals surface area contributed by atoms with Crippen molar-refractivity contribution >= 4 is 5.91 Å². The second kappa shape index (κ2) is 8.25. The predicted octanol–water partition coefficient (Wildman–Crippen LogP) is 0.270. The fraction of sp³-hybridized carbons (Fsp3) is 0.429. The van der Waals surface area contributed by atoms with Gasteiger partial charge in [0.05, 0.1) is 5.56 Å². The highest BCUT2D eigenvalue weighted by atomic mass is 16.3. The topological polar surface area (TPSA) is 73.7 Å². The van der Waals surface area contributed by atoms with Crippen molar-refractivity contribution in [3.8, 4) is 11.8 Å². The number of hydrogen-bond donors (Lipinski definition) is 2. The van der Waals surface area contributed by atoms with Crippen LogP contribution in [-0.4, -0.2) is 52.3 Å². The van der Waals surface area contributed by atoms with Gasteiger partial charge in [-0.1, -0.05) is 11.8 Å². The lowest BCUT2D eigenvalue weighted by Gasteiger charge is -2.20. The molecule has 5 nitrogen and oxygen atoms in total. The standard InChI is InChI=1S/C14H18N2O3/c1-2-16(9-5-11-18)14(19)13-12(7-4-10-17)6-3-8-15-13/h3,6,8,17-18H,2,5,9-11H2,1H3. The fourth-order valence-electron chi connectivity index (χ4n) is 1.63. The first kappa shape index (κ1) is 15.2. The Hall–Kier alpha value is -1.90. The van der Waals surface area contributed by atoms with E-state index < -0.39 is 0 Å². The summed E-state index contributed by atoms with van der Waals surface area (Å²) in [5.41, 5.74) is 0.784. The lowest BCUT2D eigenvalue weighted by atomic mass is 10.1. The van der Waals surface area contributed by atoms with Crippen LogP contribution >= 0.6 is 0 Å². The molecule has 0 saturated carbocycles. The van der Waals surface area contributed by atoms with Gasteiger partial charge in [0.15, 0.2) is 0 Å². The predicted molar refractivity (Wildman–Crippen MR) is 71.5 cm³/mol. The Morgan fingerprint density at radius 1 is 1.47 bits per heavy atom. The Labute approximate surface area is 112 Å². The number of amides is 1. The number of aromatic nitrogens is 1. The van der Waals surface area contributed by atoms with Crippen LogP contribution in [0.2, 0.25) is 0 Å². The maximum Gasteiger partial charge on any atom is 0.273 e. The molecule has 1 heterocycles. The van der Waals surface area contributed by atoms with E-state index in [0.717, 1.165) is 0 Å². The van der Waals surface area contributed by atoms with Crippen LogP contribution in [0.25, 0.3) is 0 Å². The molecule has 0 saturated heterocycles. The van der Waals surface area contributed by atoms with Crippen molar-refractivity contribution in [2.75, 3.05) is 26.3 Å². The lowest BCUT2D eigenvalue weighted by molar-refractivity contribution is 0.0748. The van der Waals surface area contributed by atoms with Gasteiger partial charge < -0.3 is 15.1 Å². The molecule has 1 amide bonds. The molecule has 102 valence electrons. The number of hydrogen-bond acceptors (Lipinski definition) is 4. The number of aliphatic hydroxyl groups excluding tert-OH is 2. The van der Waals surface area contributed by atoms with E-state index in [0.29, 0.717) is 25.1 Å². The fourth-order valence-corrected chi connectivity index (χ4v) is 1.63. The minimum Gasteiger partial charge on any atom is -0.396 e. The third kappa shape index (κ3) is 4.36. The highest BCUT2D eigenvalue weighted by Gasteiger charge is 2.17. The molecule has 5 heteroatoms. The van der Waals surface area contributed by atoms with E-state index in [1.54, 1.807) is 17.0 Å². The molecule has 0 bridgehead atoms. The van der Waals surface area contributed by atoms with Crippen molar-refractivity contribution in [2.24, 2.45) is 0 Å². The lowest BCUT2D eigenvalue weighted by Crippen LogP contribution is -2.33. The molecule has 0 atom stereocenters. The van der Waals surface area contributed by atoms with Crippen LogP contribution in [0.4, 0.5) is 0 Å². The summed E-state index contributed by atoms with van der Waals surface area (Å²) < 4.78 is 0. The number of carbonyl (C=O) groups excluding carboxylic acids is 1. The van der Waals surface area contributed by atoms with E-state index in [1.165, 1.54) is 6.20 Å². The molecule has 0 unspecified atom stereocenters. The summed E-state index contributed by atoms with van der Waals surface area (Å²) in [5.74, 6) is 5.02. The number of carbonyl (C=O) groups is 1. The van der Waals surface area contributed by atoms with Crippen molar-refractivity contribution in [2.45, 2.75) is 13.3 Å². The van der Waals surface area contributed by atoms with Gasteiger partial charge in [-0.3, -0.25) is 4.79 Å². The van der Waals surface area contributed by atoms with Crippen molar-refractivity contribution in [3.05, 3.63) is 29.6 Å². The Balaban J connectivity index is 2.97. The van der Waals surface area contributed by atoms with Crippen LogP contribution in [0.5, 0.6) is 0 Å². The Morgan fingerprint density at radius 2 is 2.26 bits per heavy atom. The van der Waals surface area contributed by atoms with E-state index in [2.05, 4.69) is 16.8 Å². The Morgan fingerprint density at radius 3 is 2.89 bits per heavy atom. The van der Waals surface area contributed by atoms with Gasteiger partial charge in [0.1, 0.15) is 12.3 Å². The summed E-state index contributed by atoms with van der Waals surface area (Å²) in [5, 5.41) is 17.5. The van der Waals surface area contributed by atoms with Gasteiger partial charge in [0.2, 0.25) is 0 Å². The molecule has 0 aromatic carbocycles. The first-order valence-electron chi connectivity index (χ1n) is 6.19. The zero-order valence-electron chi connectivity index (χ0n) is 11.0. The molecule has 0 spiro atoms. The highest BCUT2D eigenvalue weighted by Crippen LogP contribution is 2.08. The average molecular weight is 262 g/mol. The van der Waals surface area contributed by atoms with Crippen LogP contribution < -0.4 is 0 Å². The van der Waals surface area contributed by atoms with Crippen molar-refractivity contribution < 1.29 is 15.0 Å². The molecule has 0 aliphatic rings. The van der Waals surface area contributed by atoms with Gasteiger partial charge in [0, 0.05) is 25.9 Å². The summed E-state index contributed by atoms with van der Waals surface area (Å²) >= 11 is 0. The van der Waals surface area contributed by atoms with Gasteiger partial charge in [-0.05, 0) is 25.5 Å². The molecule has 0 aliphatic heterocycles. The van der Waals surface area contributed by atoms with Crippen molar-refractivity contribution in [1.29, 1.82) is 0 Å². The highest BCUT2D eigenvalue weighted by molar-refractivity contribution is 5.94. The summed E-state index contributed by atoms with van der Waals surface area (Å²) in [6.45, 7) is 2.68. The molecule has 2 N–H and O–H groups in total. The maximum atomic E-state index is 12.3. The average Bonchev–Trinajstić information content (AvgIpc) is 2.46.